The van der Waals surface area contributed by atoms with Gasteiger partial charge in [0.2, 0.25) is 0 Å². The monoisotopic (exact) mass is 304 g/mol. The zero-order valence-electron chi connectivity index (χ0n) is 8.85. The zero-order valence-corrected chi connectivity index (χ0v) is 11.3. The summed E-state index contributed by atoms with van der Waals surface area (Å²) in [7, 11) is 0. The van der Waals surface area contributed by atoms with E-state index in [0.717, 1.165) is 20.0 Å². The van der Waals surface area contributed by atoms with Crippen molar-refractivity contribution in [3.8, 4) is 6.07 Å². The molecular weight excluding hydrogens is 296 g/mol. The third kappa shape index (κ3) is 3.02. The first-order valence-corrected chi connectivity index (χ1v) is 6.53. The molecule has 4 heteroatoms. The van der Waals surface area contributed by atoms with Crippen molar-refractivity contribution in [3.63, 3.8) is 0 Å². The Bertz CT molecular complexity index is 573. The fourth-order valence-electron chi connectivity index (χ4n) is 1.32. The van der Waals surface area contributed by atoms with E-state index < -0.39 is 0 Å². The molecule has 0 heterocycles. The van der Waals surface area contributed by atoms with Crippen LogP contribution < -0.4 is 5.73 Å². The number of rotatable bonds is 2. The van der Waals surface area contributed by atoms with Gasteiger partial charge in [-0.3, -0.25) is 0 Å². The largest absolute Gasteiger partial charge is 0.399 e. The van der Waals surface area contributed by atoms with Crippen LogP contribution in [0.1, 0.15) is 5.56 Å². The van der Waals surface area contributed by atoms with Crippen molar-refractivity contribution >= 4 is 33.4 Å². The van der Waals surface area contributed by atoms with Gasteiger partial charge in [-0.25, -0.2) is 0 Å². The van der Waals surface area contributed by atoms with Gasteiger partial charge >= 0.3 is 0 Å². The predicted molar refractivity (Wildman–Crippen MR) is 73.8 cm³/mol. The zero-order chi connectivity index (χ0) is 12.3. The summed E-state index contributed by atoms with van der Waals surface area (Å²) in [5, 5.41) is 8.71. The Morgan fingerprint density at radius 3 is 2.41 bits per heavy atom. The van der Waals surface area contributed by atoms with Gasteiger partial charge in [-0.2, -0.15) is 5.26 Å². The van der Waals surface area contributed by atoms with Crippen LogP contribution in [0.15, 0.2) is 56.7 Å². The molecule has 0 spiro atoms. The van der Waals surface area contributed by atoms with Crippen molar-refractivity contribution in [3.05, 3.63) is 52.5 Å². The van der Waals surface area contributed by atoms with Crippen LogP contribution in [0.3, 0.4) is 0 Å². The van der Waals surface area contributed by atoms with E-state index in [0.29, 0.717) is 5.56 Å². The van der Waals surface area contributed by atoms with Gasteiger partial charge in [0.1, 0.15) is 0 Å². The maximum Gasteiger partial charge on any atom is 0.0991 e. The van der Waals surface area contributed by atoms with E-state index in [-0.39, 0.29) is 0 Å². The van der Waals surface area contributed by atoms with Crippen LogP contribution in [0.25, 0.3) is 0 Å². The smallest absolute Gasteiger partial charge is 0.0991 e. The summed E-state index contributed by atoms with van der Waals surface area (Å²) in [4.78, 5) is 2.19. The number of hydrogen-bond acceptors (Lipinski definition) is 3. The number of benzene rings is 2. The first-order valence-electron chi connectivity index (χ1n) is 4.92. The second kappa shape index (κ2) is 5.26. The first kappa shape index (κ1) is 12.0. The molecule has 0 aliphatic heterocycles. The van der Waals surface area contributed by atoms with Crippen LogP contribution in [-0.4, -0.2) is 0 Å². The second-order valence-corrected chi connectivity index (χ2v) is 5.40. The lowest BCUT2D eigenvalue weighted by molar-refractivity contribution is 1.36. The van der Waals surface area contributed by atoms with E-state index in [1.165, 1.54) is 0 Å². The van der Waals surface area contributed by atoms with E-state index in [4.69, 9.17) is 11.0 Å². The molecule has 0 saturated heterocycles. The summed E-state index contributed by atoms with van der Waals surface area (Å²) in [6.07, 6.45) is 0. The Hall–Kier alpha value is -1.44. The summed E-state index contributed by atoms with van der Waals surface area (Å²) in [6.45, 7) is 0. The highest BCUT2D eigenvalue weighted by atomic mass is 79.9. The van der Waals surface area contributed by atoms with Gasteiger partial charge in [0.05, 0.1) is 11.6 Å². The molecule has 2 N–H and O–H groups in total. The topological polar surface area (TPSA) is 49.8 Å². The number of hydrogen-bond donors (Lipinski definition) is 1. The molecule has 0 atom stereocenters. The Balaban J connectivity index is 2.23. The van der Waals surface area contributed by atoms with Crippen molar-refractivity contribution in [1.29, 1.82) is 5.26 Å². The molecule has 0 aliphatic rings. The Labute approximate surface area is 113 Å². The molecule has 17 heavy (non-hydrogen) atoms. The maximum atomic E-state index is 8.71. The summed E-state index contributed by atoms with van der Waals surface area (Å²) >= 11 is 5.11. The van der Waals surface area contributed by atoms with E-state index in [2.05, 4.69) is 22.0 Å². The minimum absolute atomic E-state index is 0.672. The van der Waals surface area contributed by atoms with Crippen LogP contribution in [0.4, 0.5) is 5.69 Å². The SMILES string of the molecule is N#Cc1ccc(Sc2ccc(N)cc2Br)cc1. The molecule has 0 amide bonds. The van der Waals surface area contributed by atoms with Crippen LogP contribution in [0.5, 0.6) is 0 Å². The third-order valence-electron chi connectivity index (χ3n) is 2.17. The highest BCUT2D eigenvalue weighted by molar-refractivity contribution is 9.10. The molecule has 2 aromatic rings. The van der Waals surface area contributed by atoms with Crippen LogP contribution in [-0.2, 0) is 0 Å². The van der Waals surface area contributed by atoms with Crippen molar-refractivity contribution in [2.24, 2.45) is 0 Å². The molecule has 2 aromatic carbocycles. The quantitative estimate of drug-likeness (QED) is 0.851. The number of anilines is 1. The van der Waals surface area contributed by atoms with Gasteiger partial charge in [0.15, 0.2) is 0 Å². The standard InChI is InChI=1S/C13H9BrN2S/c14-12-7-10(16)3-6-13(12)17-11-4-1-9(8-15)2-5-11/h1-7H,16H2. The Kier molecular flexibility index (Phi) is 3.72. The molecule has 2 rings (SSSR count). The summed E-state index contributed by atoms with van der Waals surface area (Å²) in [5.74, 6) is 0. The van der Waals surface area contributed by atoms with E-state index in [1.54, 1.807) is 11.8 Å². The Morgan fingerprint density at radius 1 is 1.12 bits per heavy atom. The average Bonchev–Trinajstić information content (AvgIpc) is 2.34. The molecule has 2 nitrogen and oxygen atoms in total. The summed E-state index contributed by atoms with van der Waals surface area (Å²) in [5.41, 5.74) is 7.09. The minimum atomic E-state index is 0.672. The highest BCUT2D eigenvalue weighted by Crippen LogP contribution is 2.34. The third-order valence-corrected chi connectivity index (χ3v) is 4.17. The lowest BCUT2D eigenvalue weighted by Gasteiger charge is -2.05. The number of nitrogens with two attached hydrogens (primary N) is 1. The number of nitrogen functional groups attached to an aromatic ring is 1. The molecule has 0 aromatic heterocycles. The maximum absolute atomic E-state index is 8.71. The summed E-state index contributed by atoms with van der Waals surface area (Å²) in [6, 6.07) is 15.3. The van der Waals surface area contributed by atoms with Crippen molar-refractivity contribution in [2.75, 3.05) is 5.73 Å². The van der Waals surface area contributed by atoms with Gasteiger partial charge in [0.25, 0.3) is 0 Å². The molecule has 84 valence electrons. The van der Waals surface area contributed by atoms with E-state index in [9.17, 15) is 0 Å². The molecule has 0 saturated carbocycles. The van der Waals surface area contributed by atoms with E-state index >= 15 is 0 Å². The van der Waals surface area contributed by atoms with Crippen LogP contribution in [0.2, 0.25) is 0 Å². The molecule has 0 unspecified atom stereocenters. The van der Waals surface area contributed by atoms with Gasteiger partial charge in [0, 0.05) is 20.0 Å². The van der Waals surface area contributed by atoms with Gasteiger partial charge < -0.3 is 5.73 Å². The van der Waals surface area contributed by atoms with Crippen LogP contribution >= 0.6 is 27.7 Å². The first-order chi connectivity index (χ1) is 8.19. The molecule has 0 fully saturated rings. The highest BCUT2D eigenvalue weighted by Gasteiger charge is 2.03. The minimum Gasteiger partial charge on any atom is -0.399 e. The number of halogens is 1. The predicted octanol–water partition coefficient (Wildman–Crippen LogP) is 4.05. The molecular formula is C13H9BrN2S. The fourth-order valence-corrected chi connectivity index (χ4v) is 2.78. The molecule has 0 bridgehead atoms. The summed E-state index contributed by atoms with van der Waals surface area (Å²) < 4.78 is 0.979. The second-order valence-electron chi connectivity index (χ2n) is 3.43. The lowest BCUT2D eigenvalue weighted by Crippen LogP contribution is -1.84. The molecule has 0 radical (unpaired) electrons. The number of nitrogens with zero attached hydrogens (tertiary/aromatic N) is 1. The van der Waals surface area contributed by atoms with Crippen molar-refractivity contribution in [2.45, 2.75) is 9.79 Å². The van der Waals surface area contributed by atoms with Crippen molar-refractivity contribution in [1.82, 2.24) is 0 Å². The Morgan fingerprint density at radius 2 is 1.82 bits per heavy atom. The van der Waals surface area contributed by atoms with Gasteiger partial charge in [-0.1, -0.05) is 11.8 Å². The van der Waals surface area contributed by atoms with Gasteiger partial charge in [-0.05, 0) is 58.4 Å². The van der Waals surface area contributed by atoms with Crippen molar-refractivity contribution < 1.29 is 0 Å². The normalized spacial score (nSPS) is 9.88. The van der Waals surface area contributed by atoms with Crippen LogP contribution in [0, 0.1) is 11.3 Å². The van der Waals surface area contributed by atoms with E-state index in [1.807, 2.05) is 42.5 Å². The van der Waals surface area contributed by atoms with Gasteiger partial charge in [-0.15, -0.1) is 0 Å². The molecule has 0 aliphatic carbocycles. The lowest BCUT2D eigenvalue weighted by atomic mass is 10.2. The number of nitriles is 1. The average molecular weight is 305 g/mol. The fraction of sp³-hybridized carbons (Fsp3) is 0.